The third-order valence-corrected chi connectivity index (χ3v) is 2.43. The minimum absolute atomic E-state index is 0.463. The topological polar surface area (TPSA) is 94.2 Å². The molecule has 0 radical (unpaired) electrons. The summed E-state index contributed by atoms with van der Waals surface area (Å²) >= 11 is 0. The van der Waals surface area contributed by atoms with Crippen LogP contribution in [-0.2, 0) is 19.0 Å². The van der Waals surface area contributed by atoms with Crippen LogP contribution in [0.4, 0.5) is 9.59 Å². The molecule has 0 fully saturated rings. The number of hydrogen-bond donors (Lipinski definition) is 1. The van der Waals surface area contributed by atoms with Gasteiger partial charge in [0.15, 0.2) is 6.10 Å². The summed E-state index contributed by atoms with van der Waals surface area (Å²) in [6, 6.07) is -0.754. The SMILES string of the molecule is CC(=O)O[C@H](C)C#C[C@@H](C)N(NC(=O)OC(C)(C)C)C(=O)OC(C)(C)C. The van der Waals surface area contributed by atoms with Crippen molar-refractivity contribution in [2.24, 2.45) is 0 Å². The highest BCUT2D eigenvalue weighted by Gasteiger charge is 2.28. The van der Waals surface area contributed by atoms with Crippen molar-refractivity contribution < 1.29 is 28.6 Å². The fourth-order valence-electron chi connectivity index (χ4n) is 1.59. The molecule has 1 N–H and O–H groups in total. The number of hydrogen-bond acceptors (Lipinski definition) is 6. The van der Waals surface area contributed by atoms with Gasteiger partial charge in [-0.1, -0.05) is 11.8 Å². The molecule has 148 valence electrons. The second-order valence-electron chi connectivity index (χ2n) is 7.68. The molecule has 0 spiro atoms. The van der Waals surface area contributed by atoms with E-state index in [9.17, 15) is 14.4 Å². The van der Waals surface area contributed by atoms with E-state index in [2.05, 4.69) is 17.3 Å². The lowest BCUT2D eigenvalue weighted by atomic mass is 10.2. The van der Waals surface area contributed by atoms with Crippen molar-refractivity contribution in [1.29, 1.82) is 0 Å². The number of hydrazine groups is 1. The van der Waals surface area contributed by atoms with Gasteiger partial charge in [0.1, 0.15) is 17.2 Å². The highest BCUT2D eigenvalue weighted by Crippen LogP contribution is 2.12. The van der Waals surface area contributed by atoms with Gasteiger partial charge in [-0.2, -0.15) is 0 Å². The first kappa shape index (κ1) is 23.6. The lowest BCUT2D eigenvalue weighted by Gasteiger charge is -2.30. The van der Waals surface area contributed by atoms with Crippen LogP contribution in [0.5, 0.6) is 0 Å². The maximum absolute atomic E-state index is 12.4. The molecule has 0 aromatic heterocycles. The number of rotatable bonds is 2. The average molecular weight is 370 g/mol. The summed E-state index contributed by atoms with van der Waals surface area (Å²) in [5.41, 5.74) is 0.853. The summed E-state index contributed by atoms with van der Waals surface area (Å²) in [5.74, 6) is 4.99. The predicted molar refractivity (Wildman–Crippen MR) is 95.9 cm³/mol. The number of carbonyl (C=O) groups excluding carboxylic acids is 3. The Bertz CT molecular complexity index is 577. The van der Waals surface area contributed by atoms with Crippen molar-refractivity contribution >= 4 is 18.2 Å². The van der Waals surface area contributed by atoms with Crippen LogP contribution >= 0.6 is 0 Å². The summed E-state index contributed by atoms with van der Waals surface area (Å²) in [7, 11) is 0. The van der Waals surface area contributed by atoms with Crippen LogP contribution in [-0.4, -0.2) is 46.5 Å². The molecule has 0 aliphatic carbocycles. The molecule has 0 unspecified atom stereocenters. The van der Waals surface area contributed by atoms with Gasteiger partial charge in [0, 0.05) is 6.92 Å². The molecule has 0 bridgehead atoms. The largest absolute Gasteiger partial charge is 0.450 e. The average Bonchev–Trinajstić information content (AvgIpc) is 2.37. The molecule has 0 heterocycles. The Hall–Kier alpha value is -2.43. The molecular weight excluding hydrogens is 340 g/mol. The second kappa shape index (κ2) is 9.32. The number of ether oxygens (including phenoxy) is 3. The molecule has 2 amide bonds. The van der Waals surface area contributed by atoms with Crippen LogP contribution in [0, 0.1) is 11.8 Å². The van der Waals surface area contributed by atoms with E-state index >= 15 is 0 Å². The van der Waals surface area contributed by atoms with Gasteiger partial charge in [-0.3, -0.25) is 4.79 Å². The monoisotopic (exact) mass is 370 g/mol. The van der Waals surface area contributed by atoms with Crippen molar-refractivity contribution in [3.05, 3.63) is 0 Å². The number of nitrogens with zero attached hydrogens (tertiary/aromatic N) is 1. The third kappa shape index (κ3) is 11.2. The van der Waals surface area contributed by atoms with Crippen LogP contribution in [0.3, 0.4) is 0 Å². The fraction of sp³-hybridized carbons (Fsp3) is 0.722. The van der Waals surface area contributed by atoms with Gasteiger partial charge < -0.3 is 14.2 Å². The number of esters is 1. The first-order valence-electron chi connectivity index (χ1n) is 8.31. The van der Waals surface area contributed by atoms with E-state index in [0.717, 1.165) is 5.01 Å². The number of nitrogens with one attached hydrogen (secondary N) is 1. The molecule has 8 nitrogen and oxygen atoms in total. The van der Waals surface area contributed by atoms with Crippen LogP contribution in [0.1, 0.15) is 62.3 Å². The van der Waals surface area contributed by atoms with Gasteiger partial charge >= 0.3 is 18.2 Å². The number of amides is 2. The summed E-state index contributed by atoms with van der Waals surface area (Å²) < 4.78 is 15.4. The van der Waals surface area contributed by atoms with Crippen LogP contribution < -0.4 is 5.43 Å². The molecule has 0 saturated carbocycles. The summed E-state index contributed by atoms with van der Waals surface area (Å²) in [6.45, 7) is 14.7. The summed E-state index contributed by atoms with van der Waals surface area (Å²) in [5, 5.41) is 0.937. The van der Waals surface area contributed by atoms with Crippen LogP contribution in [0.25, 0.3) is 0 Å². The molecule has 2 atom stereocenters. The molecular formula is C18H30N2O6. The minimum atomic E-state index is -0.815. The standard InChI is InChI=1S/C18H30N2O6/c1-12(10-11-13(2)24-14(3)21)20(16(23)26-18(7,8)9)19-15(22)25-17(4,5)6/h12-13H,1-9H3,(H,19,22)/t12-,13-/m1/s1. The first-order chi connectivity index (χ1) is 11.6. The maximum Gasteiger partial charge on any atom is 0.430 e. The molecule has 0 aliphatic heterocycles. The van der Waals surface area contributed by atoms with Crippen molar-refractivity contribution in [2.75, 3.05) is 0 Å². The van der Waals surface area contributed by atoms with Gasteiger partial charge in [-0.25, -0.2) is 20.0 Å². The van der Waals surface area contributed by atoms with E-state index in [1.165, 1.54) is 6.92 Å². The lowest BCUT2D eigenvalue weighted by molar-refractivity contribution is -0.143. The zero-order valence-electron chi connectivity index (χ0n) is 17.1. The molecule has 0 aromatic rings. The Labute approximate surface area is 155 Å². The Balaban J connectivity index is 5.31. The molecule has 0 saturated heterocycles. The van der Waals surface area contributed by atoms with Crippen molar-refractivity contribution in [2.45, 2.75) is 85.7 Å². The fourth-order valence-corrected chi connectivity index (χ4v) is 1.59. The predicted octanol–water partition coefficient (Wildman–Crippen LogP) is 3.01. The van der Waals surface area contributed by atoms with Gasteiger partial charge in [0.25, 0.3) is 0 Å². The van der Waals surface area contributed by atoms with E-state index in [4.69, 9.17) is 14.2 Å². The highest BCUT2D eigenvalue weighted by atomic mass is 16.6. The second-order valence-corrected chi connectivity index (χ2v) is 7.68. The number of carbonyl (C=O) groups is 3. The zero-order valence-corrected chi connectivity index (χ0v) is 17.1. The Morgan fingerprint density at radius 3 is 1.85 bits per heavy atom. The normalized spacial score (nSPS) is 13.4. The van der Waals surface area contributed by atoms with Gasteiger partial charge in [-0.05, 0) is 55.4 Å². The smallest absolute Gasteiger partial charge is 0.430 e. The van der Waals surface area contributed by atoms with E-state index in [0.29, 0.717) is 0 Å². The van der Waals surface area contributed by atoms with Crippen molar-refractivity contribution in [3.8, 4) is 11.8 Å². The Kier molecular flexibility index (Phi) is 8.45. The van der Waals surface area contributed by atoms with Crippen LogP contribution in [0.15, 0.2) is 0 Å². The van der Waals surface area contributed by atoms with E-state index in [-0.39, 0.29) is 0 Å². The van der Waals surface area contributed by atoms with Gasteiger partial charge in [0.05, 0.1) is 0 Å². The maximum atomic E-state index is 12.4. The Morgan fingerprint density at radius 1 is 0.923 bits per heavy atom. The van der Waals surface area contributed by atoms with Crippen molar-refractivity contribution in [1.82, 2.24) is 10.4 Å². The molecule has 0 aromatic carbocycles. The quantitative estimate of drug-likeness (QED) is 0.347. The summed E-state index contributed by atoms with van der Waals surface area (Å²) in [6.07, 6.45) is -2.26. The van der Waals surface area contributed by atoms with Crippen molar-refractivity contribution in [3.63, 3.8) is 0 Å². The third-order valence-electron chi connectivity index (χ3n) is 2.43. The Morgan fingerprint density at radius 2 is 1.42 bits per heavy atom. The molecule has 8 heteroatoms. The van der Waals surface area contributed by atoms with Crippen LogP contribution in [0.2, 0.25) is 0 Å². The summed E-state index contributed by atoms with van der Waals surface area (Å²) in [4.78, 5) is 35.4. The molecule has 26 heavy (non-hydrogen) atoms. The first-order valence-corrected chi connectivity index (χ1v) is 8.31. The van der Waals surface area contributed by atoms with E-state index < -0.39 is 41.5 Å². The molecule has 0 aliphatic rings. The molecule has 0 rings (SSSR count). The van der Waals surface area contributed by atoms with E-state index in [1.54, 1.807) is 55.4 Å². The lowest BCUT2D eigenvalue weighted by Crippen LogP contribution is -2.53. The van der Waals surface area contributed by atoms with E-state index in [1.807, 2.05) is 0 Å². The highest BCUT2D eigenvalue weighted by molar-refractivity contribution is 5.75. The zero-order chi connectivity index (χ0) is 20.7. The van der Waals surface area contributed by atoms with Gasteiger partial charge in [-0.15, -0.1) is 0 Å². The van der Waals surface area contributed by atoms with Gasteiger partial charge in [0.2, 0.25) is 0 Å². The minimum Gasteiger partial charge on any atom is -0.450 e.